The van der Waals surface area contributed by atoms with E-state index in [4.69, 9.17) is 9.47 Å². The number of nitrogens with zero attached hydrogens (tertiary/aromatic N) is 2. The number of rotatable bonds is 3. The number of aryl methyl sites for hydroxylation is 1. The number of hydrogen-bond donors (Lipinski definition) is 2. The summed E-state index contributed by atoms with van der Waals surface area (Å²) in [5.74, 6) is -0.146. The lowest BCUT2D eigenvalue weighted by Gasteiger charge is -2.11. The van der Waals surface area contributed by atoms with E-state index in [2.05, 4.69) is 16.0 Å². The molecule has 9 heteroatoms. The van der Waals surface area contributed by atoms with E-state index in [1.54, 1.807) is 43.3 Å². The lowest BCUT2D eigenvalue weighted by Crippen LogP contribution is -2.42. The van der Waals surface area contributed by atoms with Gasteiger partial charge in [-0.15, -0.1) is 0 Å². The number of nitrogens with one attached hydrogen (secondary N) is 2. The van der Waals surface area contributed by atoms with Crippen LogP contribution in [0.25, 0.3) is 10.8 Å². The van der Waals surface area contributed by atoms with Crippen molar-refractivity contribution in [3.05, 3.63) is 64.1 Å². The third-order valence-corrected chi connectivity index (χ3v) is 4.31. The zero-order valence-electron chi connectivity index (χ0n) is 14.9. The van der Waals surface area contributed by atoms with Crippen LogP contribution in [-0.4, -0.2) is 28.4 Å². The number of carbonyl (C=O) groups is 2. The molecule has 0 spiro atoms. The van der Waals surface area contributed by atoms with Gasteiger partial charge in [-0.1, -0.05) is 18.2 Å². The first-order chi connectivity index (χ1) is 13.6. The highest BCUT2D eigenvalue weighted by atomic mass is 16.7. The molecule has 0 bridgehead atoms. The summed E-state index contributed by atoms with van der Waals surface area (Å²) in [5.41, 5.74) is 4.74. The second kappa shape index (κ2) is 7.03. The molecule has 1 aliphatic heterocycles. The molecule has 3 aromatic rings. The molecule has 2 amide bonds. The summed E-state index contributed by atoms with van der Waals surface area (Å²) in [5, 5.41) is 4.91. The lowest BCUT2D eigenvalue weighted by atomic mass is 10.1. The number of carbonyl (C=O) groups excluding carboxylic acids is 2. The van der Waals surface area contributed by atoms with E-state index in [0.29, 0.717) is 34.4 Å². The van der Waals surface area contributed by atoms with Gasteiger partial charge in [-0.2, -0.15) is 5.10 Å². The quantitative estimate of drug-likeness (QED) is 0.661. The van der Waals surface area contributed by atoms with Crippen LogP contribution in [-0.2, 0) is 6.54 Å². The maximum Gasteiger partial charge on any atom is 0.290 e. The molecule has 142 valence electrons. The van der Waals surface area contributed by atoms with Gasteiger partial charge in [0.15, 0.2) is 17.2 Å². The third-order valence-electron chi connectivity index (χ3n) is 4.31. The van der Waals surface area contributed by atoms with Crippen LogP contribution in [0.1, 0.15) is 27.8 Å². The first kappa shape index (κ1) is 17.5. The average Bonchev–Trinajstić information content (AvgIpc) is 3.20. The number of fused-ring (bicyclic) bond motifs is 2. The lowest BCUT2D eigenvalue weighted by molar-refractivity contribution is 0.0843. The normalized spacial score (nSPS) is 12.0. The summed E-state index contributed by atoms with van der Waals surface area (Å²) in [6, 6.07) is 11.4. The van der Waals surface area contributed by atoms with Gasteiger partial charge in [0.2, 0.25) is 6.79 Å². The van der Waals surface area contributed by atoms with E-state index in [9.17, 15) is 14.4 Å². The molecule has 0 saturated heterocycles. The van der Waals surface area contributed by atoms with Crippen molar-refractivity contribution in [3.8, 4) is 11.5 Å². The number of ether oxygens (including phenoxy) is 2. The molecular formula is C19H16N4O5. The molecule has 2 N–H and O–H groups in total. The zero-order valence-corrected chi connectivity index (χ0v) is 14.9. The Balaban J connectivity index is 1.56. The zero-order chi connectivity index (χ0) is 19.7. The van der Waals surface area contributed by atoms with Crippen LogP contribution < -0.4 is 25.9 Å². The van der Waals surface area contributed by atoms with Crippen molar-refractivity contribution in [2.75, 3.05) is 6.79 Å². The summed E-state index contributed by atoms with van der Waals surface area (Å²) >= 11 is 0. The highest BCUT2D eigenvalue weighted by Gasteiger charge is 2.19. The van der Waals surface area contributed by atoms with Gasteiger partial charge in [0, 0.05) is 17.5 Å². The van der Waals surface area contributed by atoms with Crippen molar-refractivity contribution in [1.82, 2.24) is 20.6 Å². The predicted octanol–water partition coefficient (Wildman–Crippen LogP) is 1.22. The predicted molar refractivity (Wildman–Crippen MR) is 99.2 cm³/mol. The smallest absolute Gasteiger partial charge is 0.290 e. The molecule has 0 aliphatic carbocycles. The average molecular weight is 380 g/mol. The molecule has 1 aromatic heterocycles. The number of amides is 2. The van der Waals surface area contributed by atoms with Crippen molar-refractivity contribution < 1.29 is 19.1 Å². The first-order valence-corrected chi connectivity index (χ1v) is 8.58. The van der Waals surface area contributed by atoms with Gasteiger partial charge in [0.25, 0.3) is 17.4 Å². The molecule has 0 radical (unpaired) electrons. The van der Waals surface area contributed by atoms with Gasteiger partial charge < -0.3 is 9.47 Å². The maximum atomic E-state index is 12.6. The van der Waals surface area contributed by atoms with Gasteiger partial charge in [0.1, 0.15) is 0 Å². The Morgan fingerprint density at radius 2 is 1.75 bits per heavy atom. The Bertz CT molecular complexity index is 1150. The molecule has 28 heavy (non-hydrogen) atoms. The number of hydrazine groups is 1. The summed E-state index contributed by atoms with van der Waals surface area (Å²) < 4.78 is 11.6. The minimum absolute atomic E-state index is 0.0445. The fourth-order valence-corrected chi connectivity index (χ4v) is 2.90. The van der Waals surface area contributed by atoms with Gasteiger partial charge in [-0.3, -0.25) is 25.2 Å². The largest absolute Gasteiger partial charge is 0.454 e. The molecular weight excluding hydrogens is 364 g/mol. The fraction of sp³-hybridized carbons (Fsp3) is 0.158. The summed E-state index contributed by atoms with van der Waals surface area (Å²) in [6.07, 6.45) is 0. The van der Waals surface area contributed by atoms with Crippen molar-refractivity contribution in [2.24, 2.45) is 0 Å². The maximum absolute atomic E-state index is 12.6. The highest BCUT2D eigenvalue weighted by molar-refractivity contribution is 6.06. The van der Waals surface area contributed by atoms with Crippen molar-refractivity contribution >= 4 is 22.6 Å². The summed E-state index contributed by atoms with van der Waals surface area (Å²) in [6.45, 7) is 2.17. The molecule has 0 unspecified atom stereocenters. The van der Waals surface area contributed by atoms with Gasteiger partial charge in [0.05, 0.1) is 5.39 Å². The molecule has 1 aliphatic rings. The van der Waals surface area contributed by atoms with E-state index >= 15 is 0 Å². The molecule has 9 nitrogen and oxygen atoms in total. The van der Waals surface area contributed by atoms with Gasteiger partial charge in [-0.25, -0.2) is 4.68 Å². The van der Waals surface area contributed by atoms with Crippen LogP contribution in [0.5, 0.6) is 11.5 Å². The Labute approximate surface area is 158 Å². The molecule has 2 heterocycles. The third kappa shape index (κ3) is 3.02. The van der Waals surface area contributed by atoms with Crippen LogP contribution in [0, 0.1) is 0 Å². The standard InChI is InChI=1S/C19H16N4O5/c1-2-23-19(26)13-6-4-3-5-12(13)16(22-23)18(25)21-20-17(24)11-7-8-14-15(9-11)28-10-27-14/h3-9H,2,10H2,1H3,(H,20,24)(H,21,25). The first-order valence-electron chi connectivity index (χ1n) is 8.58. The Morgan fingerprint density at radius 1 is 1.04 bits per heavy atom. The van der Waals surface area contributed by atoms with Crippen LogP contribution in [0.2, 0.25) is 0 Å². The van der Waals surface area contributed by atoms with Gasteiger partial charge in [-0.05, 0) is 31.2 Å². The highest BCUT2D eigenvalue weighted by Crippen LogP contribution is 2.32. The van der Waals surface area contributed by atoms with Crippen LogP contribution in [0.4, 0.5) is 0 Å². The fourth-order valence-electron chi connectivity index (χ4n) is 2.90. The van der Waals surface area contributed by atoms with Crippen LogP contribution in [0.3, 0.4) is 0 Å². The topological polar surface area (TPSA) is 112 Å². The second-order valence-corrected chi connectivity index (χ2v) is 5.99. The van der Waals surface area contributed by atoms with Crippen molar-refractivity contribution in [1.29, 1.82) is 0 Å². The SMILES string of the molecule is CCn1nc(C(=O)NNC(=O)c2ccc3c(c2)OCO3)c2ccccc2c1=O. The van der Waals surface area contributed by atoms with E-state index in [1.165, 1.54) is 10.7 Å². The van der Waals surface area contributed by atoms with Crippen LogP contribution >= 0.6 is 0 Å². The number of aromatic nitrogens is 2. The number of benzene rings is 2. The van der Waals surface area contributed by atoms with E-state index in [0.717, 1.165) is 0 Å². The van der Waals surface area contributed by atoms with Crippen LogP contribution in [0.15, 0.2) is 47.3 Å². The van der Waals surface area contributed by atoms with Gasteiger partial charge >= 0.3 is 0 Å². The van der Waals surface area contributed by atoms with E-state index in [1.807, 2.05) is 0 Å². The summed E-state index contributed by atoms with van der Waals surface area (Å²) in [7, 11) is 0. The second-order valence-electron chi connectivity index (χ2n) is 5.99. The minimum Gasteiger partial charge on any atom is -0.454 e. The van der Waals surface area contributed by atoms with E-state index in [-0.39, 0.29) is 18.0 Å². The monoisotopic (exact) mass is 380 g/mol. The molecule has 2 aromatic carbocycles. The molecule has 0 saturated carbocycles. The molecule has 0 fully saturated rings. The minimum atomic E-state index is -0.632. The Kier molecular flexibility index (Phi) is 4.40. The van der Waals surface area contributed by atoms with E-state index < -0.39 is 11.8 Å². The molecule has 0 atom stereocenters. The number of hydrogen-bond acceptors (Lipinski definition) is 6. The van der Waals surface area contributed by atoms with Crippen molar-refractivity contribution in [3.63, 3.8) is 0 Å². The Morgan fingerprint density at radius 3 is 2.54 bits per heavy atom. The Hall–Kier alpha value is -3.88. The molecule has 4 rings (SSSR count). The van der Waals surface area contributed by atoms with Crippen molar-refractivity contribution in [2.45, 2.75) is 13.5 Å². The summed E-state index contributed by atoms with van der Waals surface area (Å²) in [4.78, 5) is 37.3.